The zero-order chi connectivity index (χ0) is 22.9. The maximum absolute atomic E-state index is 13.7. The van der Waals surface area contributed by atoms with Crippen LogP contribution >= 0.6 is 24.2 Å². The number of rotatable bonds is 5. The molecule has 1 N–H and O–H groups in total. The predicted octanol–water partition coefficient (Wildman–Crippen LogP) is 3.00. The highest BCUT2D eigenvalue weighted by Gasteiger charge is 2.25. The molecule has 2 aliphatic rings. The summed E-state index contributed by atoms with van der Waals surface area (Å²) in [6.07, 6.45) is 3.24. The predicted molar refractivity (Wildman–Crippen MR) is 135 cm³/mol. The van der Waals surface area contributed by atoms with Gasteiger partial charge in [-0.05, 0) is 43.2 Å². The Morgan fingerprint density at radius 1 is 1.18 bits per heavy atom. The van der Waals surface area contributed by atoms with Crippen molar-refractivity contribution >= 4 is 52.7 Å². The number of benzene rings is 1. The number of anilines is 2. The van der Waals surface area contributed by atoms with Gasteiger partial charge in [0.1, 0.15) is 17.5 Å². The Labute approximate surface area is 207 Å². The average molecular weight is 505 g/mol. The molecule has 0 aliphatic carbocycles. The lowest BCUT2D eigenvalue weighted by Gasteiger charge is -2.37. The molecule has 4 heterocycles. The molecule has 0 atom stereocenters. The average Bonchev–Trinajstić information content (AvgIpc) is 2.83. The first-order chi connectivity index (χ1) is 16.0. The van der Waals surface area contributed by atoms with Crippen molar-refractivity contribution in [3.05, 3.63) is 52.7 Å². The third-order valence-corrected chi connectivity index (χ3v) is 7.42. The Morgan fingerprint density at radius 2 is 1.97 bits per heavy atom. The molecule has 3 aromatic rings. The number of pyridine rings is 1. The van der Waals surface area contributed by atoms with E-state index in [1.54, 1.807) is 10.6 Å². The fourth-order valence-electron chi connectivity index (χ4n) is 4.47. The molecule has 0 bridgehead atoms. The number of hydrogen-bond donors (Lipinski definition) is 1. The van der Waals surface area contributed by atoms with Gasteiger partial charge in [0.15, 0.2) is 0 Å². The minimum Gasteiger partial charge on any atom is -0.357 e. The molecule has 11 heteroatoms. The number of likely N-dealkylation sites (tertiary alicyclic amines) is 1. The van der Waals surface area contributed by atoms with Crippen LogP contribution in [-0.2, 0) is 11.3 Å². The Bertz CT molecular complexity index is 1260. The van der Waals surface area contributed by atoms with Crippen molar-refractivity contribution < 1.29 is 9.18 Å². The molecule has 0 spiro atoms. The molecule has 8 nitrogen and oxygen atoms in total. The third-order valence-electron chi connectivity index (χ3n) is 6.37. The van der Waals surface area contributed by atoms with Crippen molar-refractivity contribution in [2.24, 2.45) is 0 Å². The summed E-state index contributed by atoms with van der Waals surface area (Å²) in [5, 5.41) is 2.86. The highest BCUT2D eigenvalue weighted by molar-refractivity contribution is 8.00. The van der Waals surface area contributed by atoms with E-state index in [9.17, 15) is 14.0 Å². The molecule has 1 saturated heterocycles. The Hall–Kier alpha value is -2.69. The zero-order valence-electron chi connectivity index (χ0n) is 18.7. The Morgan fingerprint density at radius 3 is 2.76 bits per heavy atom. The molecular formula is C23H26ClFN6O2S. The summed E-state index contributed by atoms with van der Waals surface area (Å²) >= 11 is 1.51. The summed E-state index contributed by atoms with van der Waals surface area (Å²) < 4.78 is 15.3. The number of fused-ring (bicyclic) bond motifs is 2. The van der Waals surface area contributed by atoms with Gasteiger partial charge in [0, 0.05) is 39.3 Å². The zero-order valence-corrected chi connectivity index (χ0v) is 20.4. The van der Waals surface area contributed by atoms with Crippen LogP contribution in [0.1, 0.15) is 12.8 Å². The fraction of sp³-hybridized carbons (Fsp3) is 0.391. The van der Waals surface area contributed by atoms with E-state index in [0.717, 1.165) is 36.6 Å². The lowest BCUT2D eigenvalue weighted by Crippen LogP contribution is -2.45. The maximum atomic E-state index is 13.7. The number of thioether (sulfide) groups is 1. The van der Waals surface area contributed by atoms with Crippen LogP contribution in [0.3, 0.4) is 0 Å². The number of nitrogens with one attached hydrogen (secondary N) is 1. The lowest BCUT2D eigenvalue weighted by atomic mass is 10.0. The molecule has 34 heavy (non-hydrogen) atoms. The van der Waals surface area contributed by atoms with Crippen molar-refractivity contribution in [1.82, 2.24) is 19.4 Å². The number of amides is 1. The maximum Gasteiger partial charge on any atom is 0.269 e. The van der Waals surface area contributed by atoms with Gasteiger partial charge >= 0.3 is 0 Å². The molecular weight excluding hydrogens is 479 g/mol. The number of nitrogens with zero attached hydrogens (tertiary/aromatic N) is 5. The van der Waals surface area contributed by atoms with Crippen molar-refractivity contribution in [3.8, 4) is 0 Å². The van der Waals surface area contributed by atoms with Gasteiger partial charge < -0.3 is 19.7 Å². The van der Waals surface area contributed by atoms with Crippen LogP contribution in [0, 0.1) is 5.82 Å². The van der Waals surface area contributed by atoms with E-state index in [4.69, 9.17) is 0 Å². The summed E-state index contributed by atoms with van der Waals surface area (Å²) in [7, 11) is 2.05. The first-order valence-corrected chi connectivity index (χ1v) is 12.0. The van der Waals surface area contributed by atoms with Crippen LogP contribution in [0.4, 0.5) is 16.0 Å². The molecule has 0 radical (unpaired) electrons. The van der Waals surface area contributed by atoms with Crippen LogP contribution < -0.4 is 15.8 Å². The van der Waals surface area contributed by atoms with Crippen LogP contribution in [0.15, 0.2) is 46.2 Å². The van der Waals surface area contributed by atoms with Crippen LogP contribution in [0.25, 0.3) is 11.0 Å². The summed E-state index contributed by atoms with van der Waals surface area (Å²) in [5.41, 5.74) is 0.927. The molecule has 180 valence electrons. The Balaban J connectivity index is 0.00000274. The van der Waals surface area contributed by atoms with Crippen LogP contribution in [-0.4, -0.2) is 63.8 Å². The van der Waals surface area contributed by atoms with Gasteiger partial charge in [0.25, 0.3) is 5.56 Å². The molecule has 5 rings (SSSR count). The van der Waals surface area contributed by atoms with Crippen molar-refractivity contribution in [2.75, 3.05) is 42.7 Å². The Kier molecular flexibility index (Phi) is 7.39. The molecule has 0 unspecified atom stereocenters. The van der Waals surface area contributed by atoms with E-state index in [1.165, 1.54) is 30.1 Å². The molecule has 2 aromatic heterocycles. The number of carbonyl (C=O) groups is 1. The number of carbonyl (C=O) groups excluding carboxylic acids is 1. The van der Waals surface area contributed by atoms with E-state index < -0.39 is 0 Å². The lowest BCUT2D eigenvalue weighted by molar-refractivity contribution is -0.113. The molecule has 1 aromatic carbocycles. The fourth-order valence-corrected chi connectivity index (χ4v) is 5.23. The van der Waals surface area contributed by atoms with Gasteiger partial charge in [-0.3, -0.25) is 9.59 Å². The van der Waals surface area contributed by atoms with Crippen molar-refractivity contribution in [1.29, 1.82) is 0 Å². The second-order valence-electron chi connectivity index (χ2n) is 8.42. The van der Waals surface area contributed by atoms with Gasteiger partial charge in [-0.25, -0.2) is 14.4 Å². The number of hydrogen-bond acceptors (Lipinski definition) is 7. The van der Waals surface area contributed by atoms with Gasteiger partial charge in [-0.2, -0.15) is 0 Å². The first-order valence-electron chi connectivity index (χ1n) is 11.0. The third kappa shape index (κ3) is 5.03. The first kappa shape index (κ1) is 24.4. The topological polar surface area (TPSA) is 83.4 Å². The summed E-state index contributed by atoms with van der Waals surface area (Å²) in [6.45, 7) is 3.01. The minimum atomic E-state index is -0.374. The van der Waals surface area contributed by atoms with E-state index in [0.29, 0.717) is 41.7 Å². The largest absolute Gasteiger partial charge is 0.357 e. The van der Waals surface area contributed by atoms with Gasteiger partial charge in [0.05, 0.1) is 27.9 Å². The summed E-state index contributed by atoms with van der Waals surface area (Å²) in [4.78, 5) is 38.3. The SMILES string of the molecule is CN(c1ccc2c(n1)NC(=O)CS2)C1CCN(CCn2c(=O)cnc3ccc(F)cc32)CC1.Cl. The van der Waals surface area contributed by atoms with Crippen molar-refractivity contribution in [2.45, 2.75) is 30.3 Å². The normalized spacial score (nSPS) is 16.6. The van der Waals surface area contributed by atoms with Crippen LogP contribution in [0.2, 0.25) is 0 Å². The summed E-state index contributed by atoms with van der Waals surface area (Å²) in [5.74, 6) is 1.54. The van der Waals surface area contributed by atoms with E-state index in [-0.39, 0.29) is 29.7 Å². The quantitative estimate of drug-likeness (QED) is 0.572. The smallest absolute Gasteiger partial charge is 0.269 e. The van der Waals surface area contributed by atoms with Gasteiger partial charge in [-0.1, -0.05) is 0 Å². The van der Waals surface area contributed by atoms with Crippen molar-refractivity contribution in [3.63, 3.8) is 0 Å². The molecule has 1 amide bonds. The molecule has 1 fully saturated rings. The van der Waals surface area contributed by atoms with Gasteiger partial charge in [-0.15, -0.1) is 24.2 Å². The standard InChI is InChI=1S/C23H25FN6O2S.ClH/c1-28(20-5-4-19-23(26-20)27-21(31)14-33-19)16-6-8-29(9-7-16)10-11-30-18-12-15(24)2-3-17(18)25-13-22(30)32;/h2-5,12-13,16H,6-11,14H2,1H3,(H,26,27,31);1H. The number of piperidine rings is 1. The van der Waals surface area contributed by atoms with E-state index >= 15 is 0 Å². The summed E-state index contributed by atoms with van der Waals surface area (Å²) in [6, 6.07) is 8.70. The molecule has 2 aliphatic heterocycles. The second kappa shape index (κ2) is 10.3. The minimum absolute atomic E-state index is 0. The second-order valence-corrected chi connectivity index (χ2v) is 9.44. The van der Waals surface area contributed by atoms with Crippen LogP contribution in [0.5, 0.6) is 0 Å². The number of aromatic nitrogens is 3. The van der Waals surface area contributed by atoms with E-state index in [2.05, 4.69) is 25.1 Å². The highest BCUT2D eigenvalue weighted by atomic mass is 35.5. The highest BCUT2D eigenvalue weighted by Crippen LogP contribution is 2.32. The molecule has 0 saturated carbocycles. The monoisotopic (exact) mass is 504 g/mol. The van der Waals surface area contributed by atoms with Gasteiger partial charge in [0.2, 0.25) is 5.91 Å². The van der Waals surface area contributed by atoms with E-state index in [1.807, 2.05) is 19.2 Å². The number of halogens is 2.